The number of benzene rings is 2. The fourth-order valence-electron chi connectivity index (χ4n) is 5.61. The van der Waals surface area contributed by atoms with Gasteiger partial charge in [0.1, 0.15) is 0 Å². The number of carbonyl (C=O) groups excluding carboxylic acids is 2. The van der Waals surface area contributed by atoms with Gasteiger partial charge in [0, 0.05) is 23.2 Å². The van der Waals surface area contributed by atoms with Crippen LogP contribution in [0.15, 0.2) is 42.5 Å². The topological polar surface area (TPSA) is 69.4 Å². The average Bonchev–Trinajstić information content (AvgIpc) is 2.69. The molecule has 4 nitrogen and oxygen atoms in total. The molecule has 1 unspecified atom stereocenters. The van der Waals surface area contributed by atoms with Crippen molar-refractivity contribution >= 4 is 17.4 Å². The molecule has 0 bridgehead atoms. The fraction of sp³-hybridized carbons (Fsp3) is 0.417. The molecule has 0 aliphatic heterocycles. The first-order valence-corrected chi connectivity index (χ1v) is 9.92. The lowest BCUT2D eigenvalue weighted by atomic mass is 9.49. The largest absolute Gasteiger partial charge is 0.469 e. The first kappa shape index (κ1) is 18.7. The molecular weight excluding hydrogens is 350 g/mol. The number of ether oxygens (including phenoxy) is 1. The number of nitrogen functional groups attached to an aromatic ring is 1. The Bertz CT molecular complexity index is 952. The van der Waals surface area contributed by atoms with Crippen molar-refractivity contribution in [3.8, 4) is 11.1 Å². The van der Waals surface area contributed by atoms with E-state index in [1.165, 1.54) is 7.11 Å². The SMILES string of the molecule is COC(=O)[C@]1(C)CCC[C@]2(C)c3cc(-c4ccccc4)c(N)cc3C(=O)CC12. The lowest BCUT2D eigenvalue weighted by Crippen LogP contribution is -2.53. The molecule has 1 fully saturated rings. The van der Waals surface area contributed by atoms with Crippen LogP contribution in [0, 0.1) is 11.3 Å². The van der Waals surface area contributed by atoms with E-state index in [1.807, 2.05) is 43.3 Å². The molecular formula is C24H27NO3. The Hall–Kier alpha value is -2.62. The predicted molar refractivity (Wildman–Crippen MR) is 110 cm³/mol. The number of nitrogens with two attached hydrogens (primary N) is 1. The number of anilines is 1. The van der Waals surface area contributed by atoms with Crippen LogP contribution in [-0.4, -0.2) is 18.9 Å². The van der Waals surface area contributed by atoms with Crippen molar-refractivity contribution in [2.75, 3.05) is 12.8 Å². The van der Waals surface area contributed by atoms with E-state index in [2.05, 4.69) is 13.0 Å². The number of Topliss-reactive ketones (excluding diaryl/α,β-unsaturated/α-hetero) is 1. The molecule has 4 heteroatoms. The molecule has 0 radical (unpaired) electrons. The highest BCUT2D eigenvalue weighted by molar-refractivity contribution is 6.02. The van der Waals surface area contributed by atoms with E-state index in [0.29, 0.717) is 17.7 Å². The van der Waals surface area contributed by atoms with Crippen LogP contribution in [0.25, 0.3) is 11.1 Å². The summed E-state index contributed by atoms with van der Waals surface area (Å²) in [6, 6.07) is 13.9. The van der Waals surface area contributed by atoms with Crippen LogP contribution in [0.4, 0.5) is 5.69 Å². The molecule has 2 aliphatic carbocycles. The van der Waals surface area contributed by atoms with Crippen LogP contribution in [0.2, 0.25) is 0 Å². The highest BCUT2D eigenvalue weighted by Crippen LogP contribution is 2.58. The average molecular weight is 377 g/mol. The summed E-state index contributed by atoms with van der Waals surface area (Å²) >= 11 is 0. The summed E-state index contributed by atoms with van der Waals surface area (Å²) in [5.74, 6) is -0.215. The fourth-order valence-corrected chi connectivity index (χ4v) is 5.61. The predicted octanol–water partition coefficient (Wildman–Crippen LogP) is 4.76. The molecule has 2 aliphatic rings. The van der Waals surface area contributed by atoms with E-state index in [-0.39, 0.29) is 23.1 Å². The van der Waals surface area contributed by atoms with Crippen molar-refractivity contribution in [1.29, 1.82) is 0 Å². The van der Waals surface area contributed by atoms with Crippen molar-refractivity contribution in [2.45, 2.75) is 44.9 Å². The van der Waals surface area contributed by atoms with Crippen molar-refractivity contribution < 1.29 is 14.3 Å². The van der Waals surface area contributed by atoms with Gasteiger partial charge in [-0.25, -0.2) is 0 Å². The monoisotopic (exact) mass is 377 g/mol. The van der Waals surface area contributed by atoms with Gasteiger partial charge in [-0.1, -0.05) is 43.7 Å². The Morgan fingerprint density at radius 3 is 2.50 bits per heavy atom. The second kappa shape index (κ2) is 6.47. The summed E-state index contributed by atoms with van der Waals surface area (Å²) in [5, 5.41) is 0. The Balaban J connectivity index is 1.91. The molecule has 0 aromatic heterocycles. The molecule has 2 N–H and O–H groups in total. The van der Waals surface area contributed by atoms with Gasteiger partial charge in [-0.2, -0.15) is 0 Å². The lowest BCUT2D eigenvalue weighted by Gasteiger charge is -2.53. The minimum absolute atomic E-state index is 0.0702. The smallest absolute Gasteiger partial charge is 0.311 e. The van der Waals surface area contributed by atoms with Crippen LogP contribution >= 0.6 is 0 Å². The van der Waals surface area contributed by atoms with Gasteiger partial charge in [-0.05, 0) is 54.4 Å². The number of methoxy groups -OCH3 is 1. The summed E-state index contributed by atoms with van der Waals surface area (Å²) in [6.45, 7) is 4.17. The Morgan fingerprint density at radius 1 is 1.11 bits per heavy atom. The lowest BCUT2D eigenvalue weighted by molar-refractivity contribution is -0.160. The minimum Gasteiger partial charge on any atom is -0.469 e. The van der Waals surface area contributed by atoms with E-state index in [9.17, 15) is 9.59 Å². The Morgan fingerprint density at radius 2 is 1.82 bits per heavy atom. The van der Waals surface area contributed by atoms with Crippen LogP contribution in [-0.2, 0) is 14.9 Å². The molecule has 0 heterocycles. The van der Waals surface area contributed by atoms with Gasteiger partial charge in [0.15, 0.2) is 5.78 Å². The molecule has 0 spiro atoms. The van der Waals surface area contributed by atoms with Crippen molar-refractivity contribution in [3.05, 3.63) is 53.6 Å². The third kappa shape index (κ3) is 2.58. The summed E-state index contributed by atoms with van der Waals surface area (Å²) in [5.41, 5.74) is 9.77. The van der Waals surface area contributed by atoms with Gasteiger partial charge < -0.3 is 10.5 Å². The molecule has 2 aromatic rings. The molecule has 28 heavy (non-hydrogen) atoms. The number of hydrogen-bond acceptors (Lipinski definition) is 4. The molecule has 3 atom stereocenters. The van der Waals surface area contributed by atoms with Gasteiger partial charge >= 0.3 is 5.97 Å². The number of rotatable bonds is 2. The highest BCUT2D eigenvalue weighted by Gasteiger charge is 2.57. The van der Waals surface area contributed by atoms with Crippen LogP contribution in [0.3, 0.4) is 0 Å². The normalized spacial score (nSPS) is 29.0. The Kier molecular flexibility index (Phi) is 4.33. The first-order valence-electron chi connectivity index (χ1n) is 9.92. The van der Waals surface area contributed by atoms with Gasteiger partial charge in [-0.3, -0.25) is 9.59 Å². The molecule has 0 saturated heterocycles. The molecule has 146 valence electrons. The maximum atomic E-state index is 13.1. The van der Waals surface area contributed by atoms with Gasteiger partial charge in [0.25, 0.3) is 0 Å². The van der Waals surface area contributed by atoms with Crippen LogP contribution in [0.1, 0.15) is 55.5 Å². The zero-order valence-electron chi connectivity index (χ0n) is 16.7. The van der Waals surface area contributed by atoms with Gasteiger partial charge in [0.2, 0.25) is 0 Å². The number of esters is 1. The summed E-state index contributed by atoms with van der Waals surface area (Å²) in [7, 11) is 1.44. The molecule has 0 amide bonds. The zero-order valence-corrected chi connectivity index (χ0v) is 16.7. The van der Waals surface area contributed by atoms with Gasteiger partial charge in [-0.15, -0.1) is 0 Å². The third-order valence-corrected chi connectivity index (χ3v) is 7.16. The van der Waals surface area contributed by atoms with Crippen molar-refractivity contribution in [3.63, 3.8) is 0 Å². The zero-order chi connectivity index (χ0) is 20.1. The summed E-state index contributed by atoms with van der Waals surface area (Å²) in [6.07, 6.45) is 2.99. The number of carbonyl (C=O) groups is 2. The highest BCUT2D eigenvalue weighted by atomic mass is 16.5. The quantitative estimate of drug-likeness (QED) is 0.605. The first-order chi connectivity index (χ1) is 13.3. The molecule has 2 aromatic carbocycles. The van der Waals surface area contributed by atoms with E-state index in [1.54, 1.807) is 0 Å². The summed E-state index contributed by atoms with van der Waals surface area (Å²) < 4.78 is 5.15. The molecule has 1 saturated carbocycles. The van der Waals surface area contributed by atoms with Crippen molar-refractivity contribution in [1.82, 2.24) is 0 Å². The minimum atomic E-state index is -0.649. The number of ketones is 1. The second-order valence-electron chi connectivity index (χ2n) is 8.71. The van der Waals surface area contributed by atoms with E-state index < -0.39 is 5.41 Å². The number of hydrogen-bond donors (Lipinski definition) is 1. The third-order valence-electron chi connectivity index (χ3n) is 7.16. The summed E-state index contributed by atoms with van der Waals surface area (Å²) in [4.78, 5) is 25.8. The van der Waals surface area contributed by atoms with Gasteiger partial charge in [0.05, 0.1) is 12.5 Å². The Labute approximate surface area is 166 Å². The second-order valence-corrected chi connectivity index (χ2v) is 8.71. The van der Waals surface area contributed by atoms with Crippen molar-refractivity contribution in [2.24, 2.45) is 11.3 Å². The van der Waals surface area contributed by atoms with E-state index >= 15 is 0 Å². The molecule has 4 rings (SSSR count). The number of fused-ring (bicyclic) bond motifs is 3. The van der Waals surface area contributed by atoms with E-state index in [0.717, 1.165) is 36.0 Å². The van der Waals surface area contributed by atoms with Crippen LogP contribution < -0.4 is 5.73 Å². The van der Waals surface area contributed by atoms with E-state index in [4.69, 9.17) is 10.5 Å². The van der Waals surface area contributed by atoms with Crippen LogP contribution in [0.5, 0.6) is 0 Å². The maximum Gasteiger partial charge on any atom is 0.311 e. The standard InChI is InChI=1S/C24H27NO3/c1-23-10-7-11-24(2,22(27)28-3)21(23)14-20(26)17-13-19(25)16(12-18(17)23)15-8-5-4-6-9-15/h4-6,8-9,12-13,21H,7,10-11,14,25H2,1-3H3/t21?,23-,24-/m1/s1. The maximum absolute atomic E-state index is 13.1.